The van der Waals surface area contributed by atoms with E-state index in [4.69, 9.17) is 11.6 Å². The molecule has 0 aliphatic heterocycles. The highest BCUT2D eigenvalue weighted by Gasteiger charge is 2.26. The highest BCUT2D eigenvalue weighted by atomic mass is 35.5. The molecule has 0 fully saturated rings. The Morgan fingerprint density at radius 1 is 0.903 bits per heavy atom. The van der Waals surface area contributed by atoms with Crippen molar-refractivity contribution in [1.29, 1.82) is 0 Å². The first kappa shape index (κ1) is 23.0. The van der Waals surface area contributed by atoms with Crippen LogP contribution < -0.4 is 5.32 Å². The molecule has 0 radical (unpaired) electrons. The van der Waals surface area contributed by atoms with Crippen LogP contribution in [0.15, 0.2) is 83.8 Å². The molecular weight excluding hydrogens is 432 g/mol. The van der Waals surface area contributed by atoms with E-state index < -0.39 is 15.9 Å². The smallest absolute Gasteiger partial charge is 0.243 e. The molecule has 1 amide bonds. The molecule has 5 nitrogen and oxygen atoms in total. The second kappa shape index (κ2) is 10.1. The molecule has 0 bridgehead atoms. The van der Waals surface area contributed by atoms with E-state index in [0.29, 0.717) is 13.1 Å². The summed E-state index contributed by atoms with van der Waals surface area (Å²) in [5, 5.41) is 3.11. The minimum absolute atomic E-state index is 0.0897. The second-order valence-corrected chi connectivity index (χ2v) is 9.32. The van der Waals surface area contributed by atoms with Crippen molar-refractivity contribution in [3.63, 3.8) is 0 Å². The van der Waals surface area contributed by atoms with Crippen LogP contribution in [0.25, 0.3) is 0 Å². The first-order valence-corrected chi connectivity index (χ1v) is 11.9. The van der Waals surface area contributed by atoms with E-state index >= 15 is 0 Å². The van der Waals surface area contributed by atoms with Gasteiger partial charge in [-0.2, -0.15) is 4.31 Å². The SMILES string of the molecule is CCN(CC)S(=O)(=O)c1ccc(Cl)c(NC(=O)C(c2ccccc2)c2ccccc2)c1. The van der Waals surface area contributed by atoms with E-state index in [1.54, 1.807) is 13.8 Å². The summed E-state index contributed by atoms with van der Waals surface area (Å²) in [5.74, 6) is -0.863. The van der Waals surface area contributed by atoms with Crippen molar-refractivity contribution in [2.45, 2.75) is 24.7 Å². The fourth-order valence-electron chi connectivity index (χ4n) is 3.46. The summed E-state index contributed by atoms with van der Waals surface area (Å²) in [4.78, 5) is 13.4. The Hall–Kier alpha value is -2.67. The van der Waals surface area contributed by atoms with Crippen molar-refractivity contribution in [3.05, 3.63) is 95.0 Å². The molecule has 3 rings (SSSR count). The summed E-state index contributed by atoms with van der Waals surface area (Å²) in [6.07, 6.45) is 0. The summed E-state index contributed by atoms with van der Waals surface area (Å²) >= 11 is 6.31. The third-order valence-corrected chi connectivity index (χ3v) is 7.44. The highest BCUT2D eigenvalue weighted by molar-refractivity contribution is 7.89. The van der Waals surface area contributed by atoms with E-state index in [-0.39, 0.29) is 21.5 Å². The third kappa shape index (κ3) is 5.15. The molecule has 3 aromatic rings. The van der Waals surface area contributed by atoms with Crippen molar-refractivity contribution in [2.75, 3.05) is 18.4 Å². The number of sulfonamides is 1. The van der Waals surface area contributed by atoms with Gasteiger partial charge in [0.05, 0.1) is 21.5 Å². The quantitative estimate of drug-likeness (QED) is 0.510. The van der Waals surface area contributed by atoms with Crippen LogP contribution in [0, 0.1) is 0 Å². The summed E-state index contributed by atoms with van der Waals surface area (Å²) in [6, 6.07) is 23.2. The monoisotopic (exact) mass is 456 g/mol. The van der Waals surface area contributed by atoms with Crippen LogP contribution in [0.4, 0.5) is 5.69 Å². The molecule has 31 heavy (non-hydrogen) atoms. The van der Waals surface area contributed by atoms with Crippen LogP contribution in [-0.2, 0) is 14.8 Å². The molecule has 0 saturated carbocycles. The summed E-state index contributed by atoms with van der Waals surface area (Å²) in [5.41, 5.74) is 1.92. The van der Waals surface area contributed by atoms with Crippen LogP contribution >= 0.6 is 11.6 Å². The standard InChI is InChI=1S/C24H25ClN2O3S/c1-3-27(4-2)31(29,30)20-15-16-21(25)22(17-20)26-24(28)23(18-11-7-5-8-12-18)19-13-9-6-10-14-19/h5-17,23H,3-4H2,1-2H3,(H,26,28). The van der Waals surface area contributed by atoms with Gasteiger partial charge in [-0.05, 0) is 29.3 Å². The number of anilines is 1. The Kier molecular flexibility index (Phi) is 7.49. The number of amides is 1. The van der Waals surface area contributed by atoms with Crippen LogP contribution in [0.1, 0.15) is 30.9 Å². The highest BCUT2D eigenvalue weighted by Crippen LogP contribution is 2.30. The lowest BCUT2D eigenvalue weighted by molar-refractivity contribution is -0.116. The Morgan fingerprint density at radius 2 is 1.42 bits per heavy atom. The number of nitrogens with one attached hydrogen (secondary N) is 1. The predicted octanol–water partition coefficient (Wildman–Crippen LogP) is 5.14. The fourth-order valence-corrected chi connectivity index (χ4v) is 5.11. The molecular formula is C24H25ClN2O3S. The van der Waals surface area contributed by atoms with Gasteiger partial charge in [-0.3, -0.25) is 4.79 Å². The third-order valence-electron chi connectivity index (χ3n) is 5.07. The van der Waals surface area contributed by atoms with Gasteiger partial charge in [0.25, 0.3) is 0 Å². The summed E-state index contributed by atoms with van der Waals surface area (Å²) < 4.78 is 27.1. The molecule has 3 aromatic carbocycles. The van der Waals surface area contributed by atoms with Crippen LogP contribution in [0.2, 0.25) is 5.02 Å². The maximum atomic E-state index is 13.3. The van der Waals surface area contributed by atoms with Crippen molar-refractivity contribution in [2.24, 2.45) is 0 Å². The molecule has 0 aliphatic rings. The Balaban J connectivity index is 1.98. The molecule has 0 saturated heterocycles. The van der Waals surface area contributed by atoms with Gasteiger partial charge in [0, 0.05) is 13.1 Å². The van der Waals surface area contributed by atoms with E-state index in [1.807, 2.05) is 60.7 Å². The molecule has 0 heterocycles. The minimum atomic E-state index is -3.68. The van der Waals surface area contributed by atoms with Crippen molar-refractivity contribution in [3.8, 4) is 0 Å². The number of carbonyl (C=O) groups is 1. The number of carbonyl (C=O) groups excluding carboxylic acids is 1. The number of benzene rings is 3. The Labute approximate surface area is 188 Å². The lowest BCUT2D eigenvalue weighted by Crippen LogP contribution is -2.30. The number of halogens is 1. The molecule has 0 spiro atoms. The zero-order valence-electron chi connectivity index (χ0n) is 17.5. The topological polar surface area (TPSA) is 66.5 Å². The average molecular weight is 457 g/mol. The molecule has 0 aliphatic carbocycles. The van der Waals surface area contributed by atoms with Crippen molar-refractivity contribution in [1.82, 2.24) is 4.31 Å². The van der Waals surface area contributed by atoms with Crippen LogP contribution in [0.3, 0.4) is 0 Å². The Bertz CT molecular complexity index is 1090. The molecule has 7 heteroatoms. The van der Waals surface area contributed by atoms with Gasteiger partial charge in [-0.1, -0.05) is 86.1 Å². The normalized spacial score (nSPS) is 11.6. The van der Waals surface area contributed by atoms with Gasteiger partial charge in [0.2, 0.25) is 15.9 Å². The van der Waals surface area contributed by atoms with E-state index in [9.17, 15) is 13.2 Å². The summed E-state index contributed by atoms with van der Waals surface area (Å²) in [7, 11) is -3.68. The number of hydrogen-bond donors (Lipinski definition) is 1. The molecule has 1 N–H and O–H groups in total. The molecule has 0 unspecified atom stereocenters. The van der Waals surface area contributed by atoms with Gasteiger partial charge in [0.15, 0.2) is 0 Å². The van der Waals surface area contributed by atoms with Gasteiger partial charge in [-0.25, -0.2) is 8.42 Å². The lowest BCUT2D eigenvalue weighted by atomic mass is 9.90. The van der Waals surface area contributed by atoms with Gasteiger partial charge < -0.3 is 5.32 Å². The van der Waals surface area contributed by atoms with E-state index in [0.717, 1.165) is 11.1 Å². The lowest BCUT2D eigenvalue weighted by Gasteiger charge is -2.21. The van der Waals surface area contributed by atoms with Crippen molar-refractivity contribution < 1.29 is 13.2 Å². The maximum Gasteiger partial charge on any atom is 0.243 e. The van der Waals surface area contributed by atoms with E-state index in [1.165, 1.54) is 22.5 Å². The average Bonchev–Trinajstić information content (AvgIpc) is 2.77. The predicted molar refractivity (Wildman–Crippen MR) is 125 cm³/mol. The largest absolute Gasteiger partial charge is 0.324 e. The van der Waals surface area contributed by atoms with Gasteiger partial charge in [-0.15, -0.1) is 0 Å². The first-order valence-electron chi connectivity index (χ1n) is 10.1. The van der Waals surface area contributed by atoms with Crippen molar-refractivity contribution >= 4 is 33.2 Å². The summed E-state index contributed by atoms with van der Waals surface area (Å²) in [6.45, 7) is 4.27. The second-order valence-electron chi connectivity index (χ2n) is 6.97. The number of nitrogens with zero attached hydrogens (tertiary/aromatic N) is 1. The maximum absolute atomic E-state index is 13.3. The number of rotatable bonds is 8. The van der Waals surface area contributed by atoms with Gasteiger partial charge in [0.1, 0.15) is 0 Å². The van der Waals surface area contributed by atoms with Crippen LogP contribution in [-0.4, -0.2) is 31.7 Å². The Morgan fingerprint density at radius 3 is 1.90 bits per heavy atom. The molecule has 0 aromatic heterocycles. The zero-order chi connectivity index (χ0) is 22.4. The van der Waals surface area contributed by atoms with Gasteiger partial charge >= 0.3 is 0 Å². The van der Waals surface area contributed by atoms with Crippen LogP contribution in [0.5, 0.6) is 0 Å². The number of hydrogen-bond acceptors (Lipinski definition) is 3. The fraction of sp³-hybridized carbons (Fsp3) is 0.208. The first-order chi connectivity index (χ1) is 14.9. The molecule has 162 valence electrons. The zero-order valence-corrected chi connectivity index (χ0v) is 19.0. The van der Waals surface area contributed by atoms with E-state index in [2.05, 4.69) is 5.32 Å². The molecule has 0 atom stereocenters. The minimum Gasteiger partial charge on any atom is -0.324 e.